The average molecular weight is 397 g/mol. The molecule has 0 aliphatic carbocycles. The molecule has 2 heterocycles. The van der Waals surface area contributed by atoms with Crippen molar-refractivity contribution < 1.29 is 19.0 Å². The van der Waals surface area contributed by atoms with Crippen LogP contribution in [-0.4, -0.2) is 45.7 Å². The number of hydrogen-bond donors (Lipinski definition) is 2. The molecule has 1 aromatic heterocycles. The van der Waals surface area contributed by atoms with Crippen molar-refractivity contribution in [3.8, 4) is 5.75 Å². The third-order valence-electron chi connectivity index (χ3n) is 4.69. The Balaban J connectivity index is 1.44. The van der Waals surface area contributed by atoms with Gasteiger partial charge in [0.15, 0.2) is 6.23 Å². The predicted octanol–water partition coefficient (Wildman–Crippen LogP) is 1.47. The SMILES string of the molecule is CN1C(=O)[C@@H](NC(O)c2cn(Cc3cccc(F)c3)nn2)COc2ccccc21. The van der Waals surface area contributed by atoms with E-state index in [4.69, 9.17) is 4.74 Å². The molecule has 1 aliphatic heterocycles. The third kappa shape index (κ3) is 4.10. The quantitative estimate of drug-likeness (QED) is 0.634. The number of likely N-dealkylation sites (N-methyl/N-ethyl adjacent to an activating group) is 1. The highest BCUT2D eigenvalue weighted by atomic mass is 19.1. The Morgan fingerprint density at radius 3 is 2.97 bits per heavy atom. The van der Waals surface area contributed by atoms with Gasteiger partial charge in [-0.1, -0.05) is 29.5 Å². The van der Waals surface area contributed by atoms with E-state index in [0.717, 1.165) is 5.56 Å². The molecule has 9 heteroatoms. The van der Waals surface area contributed by atoms with E-state index in [1.54, 1.807) is 37.5 Å². The standard InChI is InChI=1S/C20H20FN5O3/c1-25-17-7-2-3-8-18(17)29-12-16(20(25)28)22-19(27)15-11-26(24-23-15)10-13-5-4-6-14(21)9-13/h2-9,11,16,19,22,27H,10,12H2,1H3/t16-,19?/m0/s1. The number of nitrogens with one attached hydrogen (secondary N) is 1. The number of nitrogens with zero attached hydrogens (tertiary/aromatic N) is 4. The summed E-state index contributed by atoms with van der Waals surface area (Å²) in [5.41, 5.74) is 1.63. The number of ether oxygens (including phenoxy) is 1. The van der Waals surface area contributed by atoms with Gasteiger partial charge in [-0.05, 0) is 29.8 Å². The lowest BCUT2D eigenvalue weighted by Crippen LogP contribution is -2.48. The van der Waals surface area contributed by atoms with Gasteiger partial charge in [-0.3, -0.25) is 10.1 Å². The number of anilines is 1. The number of carbonyl (C=O) groups excluding carboxylic acids is 1. The fraction of sp³-hybridized carbons (Fsp3) is 0.250. The molecule has 29 heavy (non-hydrogen) atoms. The predicted molar refractivity (Wildman–Crippen MR) is 103 cm³/mol. The molecule has 1 unspecified atom stereocenters. The van der Waals surface area contributed by atoms with Crippen LogP contribution in [0.4, 0.5) is 10.1 Å². The monoisotopic (exact) mass is 397 g/mol. The van der Waals surface area contributed by atoms with Crippen molar-refractivity contribution in [3.63, 3.8) is 0 Å². The summed E-state index contributed by atoms with van der Waals surface area (Å²) in [6, 6.07) is 12.6. The van der Waals surface area contributed by atoms with Crippen LogP contribution in [0.5, 0.6) is 5.75 Å². The Bertz CT molecular complexity index is 1020. The molecule has 1 aliphatic rings. The van der Waals surface area contributed by atoms with Crippen LogP contribution in [0.15, 0.2) is 54.7 Å². The maximum Gasteiger partial charge on any atom is 0.247 e. The zero-order valence-corrected chi connectivity index (χ0v) is 15.7. The van der Waals surface area contributed by atoms with E-state index >= 15 is 0 Å². The maximum absolute atomic E-state index is 13.3. The molecule has 2 N–H and O–H groups in total. The summed E-state index contributed by atoms with van der Waals surface area (Å²) >= 11 is 0. The van der Waals surface area contributed by atoms with Gasteiger partial charge < -0.3 is 14.7 Å². The number of rotatable bonds is 5. The van der Waals surface area contributed by atoms with Crippen molar-refractivity contribution in [1.29, 1.82) is 0 Å². The Labute approximate surface area is 166 Å². The lowest BCUT2D eigenvalue weighted by molar-refractivity contribution is -0.121. The minimum atomic E-state index is -1.22. The number of aliphatic hydroxyl groups excluding tert-OH is 1. The first kappa shape index (κ1) is 19.0. The van der Waals surface area contributed by atoms with Crippen molar-refractivity contribution in [2.75, 3.05) is 18.6 Å². The minimum Gasteiger partial charge on any atom is -0.489 e. The molecule has 3 aromatic rings. The molecule has 2 aromatic carbocycles. The number of aromatic nitrogens is 3. The number of para-hydroxylation sites is 2. The summed E-state index contributed by atoms with van der Waals surface area (Å²) in [4.78, 5) is 14.2. The zero-order valence-electron chi connectivity index (χ0n) is 15.7. The fourth-order valence-electron chi connectivity index (χ4n) is 3.19. The van der Waals surface area contributed by atoms with Crippen LogP contribution in [0.2, 0.25) is 0 Å². The fourth-order valence-corrected chi connectivity index (χ4v) is 3.19. The first-order chi connectivity index (χ1) is 14.0. The van der Waals surface area contributed by atoms with Crippen LogP contribution in [0, 0.1) is 5.82 Å². The topological polar surface area (TPSA) is 92.5 Å². The van der Waals surface area contributed by atoms with Gasteiger partial charge in [-0.25, -0.2) is 9.07 Å². The molecule has 2 atom stereocenters. The highest BCUT2D eigenvalue weighted by Crippen LogP contribution is 2.30. The summed E-state index contributed by atoms with van der Waals surface area (Å²) in [6.45, 7) is 0.371. The van der Waals surface area contributed by atoms with Gasteiger partial charge in [0.25, 0.3) is 0 Å². The zero-order chi connectivity index (χ0) is 20.4. The second kappa shape index (κ2) is 7.98. The van der Waals surface area contributed by atoms with E-state index < -0.39 is 12.3 Å². The molecule has 0 saturated heterocycles. The number of aliphatic hydroxyl groups is 1. The lowest BCUT2D eigenvalue weighted by atomic mass is 10.2. The first-order valence-corrected chi connectivity index (χ1v) is 9.09. The van der Waals surface area contributed by atoms with Crippen molar-refractivity contribution in [1.82, 2.24) is 20.3 Å². The van der Waals surface area contributed by atoms with Crippen molar-refractivity contribution in [2.24, 2.45) is 0 Å². The van der Waals surface area contributed by atoms with Gasteiger partial charge >= 0.3 is 0 Å². The van der Waals surface area contributed by atoms with Crippen LogP contribution in [-0.2, 0) is 11.3 Å². The number of fused-ring (bicyclic) bond motifs is 1. The Morgan fingerprint density at radius 1 is 1.31 bits per heavy atom. The second-order valence-electron chi connectivity index (χ2n) is 6.77. The summed E-state index contributed by atoms with van der Waals surface area (Å²) in [5, 5.41) is 21.2. The molecule has 0 bridgehead atoms. The van der Waals surface area contributed by atoms with Crippen LogP contribution in [0.1, 0.15) is 17.5 Å². The summed E-state index contributed by atoms with van der Waals surface area (Å²) in [6.07, 6.45) is 0.326. The van der Waals surface area contributed by atoms with E-state index in [-0.39, 0.29) is 24.0 Å². The van der Waals surface area contributed by atoms with Crippen molar-refractivity contribution in [3.05, 3.63) is 71.8 Å². The van der Waals surface area contributed by atoms with E-state index in [0.29, 0.717) is 18.0 Å². The number of carbonyl (C=O) groups is 1. The Morgan fingerprint density at radius 2 is 2.14 bits per heavy atom. The van der Waals surface area contributed by atoms with E-state index in [1.165, 1.54) is 21.7 Å². The number of amides is 1. The smallest absolute Gasteiger partial charge is 0.247 e. The van der Waals surface area contributed by atoms with Crippen molar-refractivity contribution in [2.45, 2.75) is 18.8 Å². The lowest BCUT2D eigenvalue weighted by Gasteiger charge is -2.22. The van der Waals surface area contributed by atoms with Crippen molar-refractivity contribution >= 4 is 11.6 Å². The van der Waals surface area contributed by atoms with Crippen LogP contribution < -0.4 is 15.0 Å². The van der Waals surface area contributed by atoms with Crippen LogP contribution >= 0.6 is 0 Å². The largest absolute Gasteiger partial charge is 0.489 e. The average Bonchev–Trinajstić information content (AvgIpc) is 3.14. The maximum atomic E-state index is 13.3. The van der Waals surface area contributed by atoms with E-state index in [2.05, 4.69) is 15.6 Å². The van der Waals surface area contributed by atoms with Crippen LogP contribution in [0.25, 0.3) is 0 Å². The second-order valence-corrected chi connectivity index (χ2v) is 6.77. The Hall–Kier alpha value is -3.30. The number of hydrogen-bond acceptors (Lipinski definition) is 6. The molecular formula is C20H20FN5O3. The Kier molecular flexibility index (Phi) is 5.24. The first-order valence-electron chi connectivity index (χ1n) is 9.09. The highest BCUT2D eigenvalue weighted by Gasteiger charge is 2.31. The molecule has 0 fully saturated rings. The molecular weight excluding hydrogens is 377 g/mol. The van der Waals surface area contributed by atoms with Gasteiger partial charge in [-0.15, -0.1) is 5.10 Å². The normalized spacial score (nSPS) is 17.4. The molecule has 4 rings (SSSR count). The van der Waals surface area contributed by atoms with Gasteiger partial charge in [0.1, 0.15) is 29.9 Å². The molecule has 8 nitrogen and oxygen atoms in total. The summed E-state index contributed by atoms with van der Waals surface area (Å²) in [7, 11) is 1.66. The summed E-state index contributed by atoms with van der Waals surface area (Å²) in [5.74, 6) is 0.0332. The van der Waals surface area contributed by atoms with E-state index in [9.17, 15) is 14.3 Å². The minimum absolute atomic E-state index is 0.0642. The van der Waals surface area contributed by atoms with E-state index in [1.807, 2.05) is 12.1 Å². The summed E-state index contributed by atoms with van der Waals surface area (Å²) < 4.78 is 20.5. The molecule has 0 radical (unpaired) electrons. The van der Waals surface area contributed by atoms with Gasteiger partial charge in [-0.2, -0.15) is 0 Å². The number of benzene rings is 2. The highest BCUT2D eigenvalue weighted by molar-refractivity contribution is 5.98. The van der Waals surface area contributed by atoms with Gasteiger partial charge in [0.2, 0.25) is 5.91 Å². The third-order valence-corrected chi connectivity index (χ3v) is 4.69. The van der Waals surface area contributed by atoms with Gasteiger partial charge in [0.05, 0.1) is 18.4 Å². The molecule has 150 valence electrons. The van der Waals surface area contributed by atoms with Gasteiger partial charge in [0, 0.05) is 7.05 Å². The molecule has 1 amide bonds. The molecule has 0 spiro atoms. The molecule has 0 saturated carbocycles. The van der Waals surface area contributed by atoms with Crippen LogP contribution in [0.3, 0.4) is 0 Å². The number of halogens is 1.